The number of rotatable bonds is 7. The summed E-state index contributed by atoms with van der Waals surface area (Å²) in [6.07, 6.45) is 3.34. The molecule has 2 rings (SSSR count). The topological polar surface area (TPSA) is 58.2 Å². The number of benzene rings is 1. The Hall–Kier alpha value is -0.910. The molecule has 0 saturated heterocycles. The number of aryl methyl sites for hydroxylation is 1. The molecule has 0 amide bonds. The molecule has 0 spiro atoms. The third-order valence-corrected chi connectivity index (χ3v) is 4.46. The highest BCUT2D eigenvalue weighted by molar-refractivity contribution is 7.89. The lowest BCUT2D eigenvalue weighted by molar-refractivity contribution is 0.573. The van der Waals surface area contributed by atoms with Gasteiger partial charge in [-0.3, -0.25) is 0 Å². The predicted octanol–water partition coefficient (Wildman–Crippen LogP) is 1.42. The first kappa shape index (κ1) is 13.5. The molecule has 1 saturated carbocycles. The first-order valence-electron chi connectivity index (χ1n) is 6.38. The van der Waals surface area contributed by atoms with E-state index in [0.717, 1.165) is 18.5 Å². The van der Waals surface area contributed by atoms with Gasteiger partial charge in [0.25, 0.3) is 0 Å². The van der Waals surface area contributed by atoms with Crippen LogP contribution in [-0.2, 0) is 10.0 Å². The van der Waals surface area contributed by atoms with Gasteiger partial charge < -0.3 is 5.32 Å². The van der Waals surface area contributed by atoms with E-state index in [1.165, 1.54) is 12.8 Å². The van der Waals surface area contributed by atoms with Gasteiger partial charge in [-0.25, -0.2) is 13.1 Å². The average molecular weight is 268 g/mol. The van der Waals surface area contributed by atoms with E-state index in [1.54, 1.807) is 12.1 Å². The molecule has 1 aromatic rings. The van der Waals surface area contributed by atoms with Crippen molar-refractivity contribution in [1.29, 1.82) is 0 Å². The molecule has 1 aliphatic carbocycles. The van der Waals surface area contributed by atoms with Crippen molar-refractivity contribution in [3.8, 4) is 0 Å². The molecule has 100 valence electrons. The van der Waals surface area contributed by atoms with Crippen LogP contribution in [-0.4, -0.2) is 27.5 Å². The fourth-order valence-corrected chi connectivity index (χ4v) is 2.76. The summed E-state index contributed by atoms with van der Waals surface area (Å²) in [5, 5.41) is 3.36. The summed E-state index contributed by atoms with van der Waals surface area (Å²) in [5.41, 5.74) is 1.06. The maximum atomic E-state index is 11.9. The standard InChI is InChI=1S/C13H20N2O2S/c1-11-3-7-13(8-4-11)18(16,17)15-10-2-9-14-12-5-6-12/h3-4,7-8,12,14-15H,2,5-6,9-10H2,1H3. The number of sulfonamides is 1. The summed E-state index contributed by atoms with van der Waals surface area (Å²) >= 11 is 0. The van der Waals surface area contributed by atoms with E-state index < -0.39 is 10.0 Å². The molecule has 1 fully saturated rings. The zero-order valence-corrected chi connectivity index (χ0v) is 11.5. The molecule has 0 heterocycles. The third kappa shape index (κ3) is 4.08. The summed E-state index contributed by atoms with van der Waals surface area (Å²) < 4.78 is 26.5. The van der Waals surface area contributed by atoms with Crippen molar-refractivity contribution < 1.29 is 8.42 Å². The molecule has 1 aliphatic rings. The Kier molecular flexibility index (Phi) is 4.37. The van der Waals surface area contributed by atoms with E-state index in [9.17, 15) is 8.42 Å². The van der Waals surface area contributed by atoms with Crippen LogP contribution in [0.4, 0.5) is 0 Å². The smallest absolute Gasteiger partial charge is 0.240 e. The SMILES string of the molecule is Cc1ccc(S(=O)(=O)NCCCNC2CC2)cc1. The highest BCUT2D eigenvalue weighted by Crippen LogP contribution is 2.18. The quantitative estimate of drug-likeness (QED) is 0.735. The van der Waals surface area contributed by atoms with E-state index in [-0.39, 0.29) is 0 Å². The predicted molar refractivity (Wildman–Crippen MR) is 72.0 cm³/mol. The molecule has 0 radical (unpaired) electrons. The normalized spacial score (nSPS) is 15.8. The van der Waals surface area contributed by atoms with Crippen molar-refractivity contribution in [3.63, 3.8) is 0 Å². The first-order valence-corrected chi connectivity index (χ1v) is 7.86. The van der Waals surface area contributed by atoms with Crippen molar-refractivity contribution in [2.45, 2.75) is 37.1 Å². The summed E-state index contributed by atoms with van der Waals surface area (Å²) in [5.74, 6) is 0. The monoisotopic (exact) mass is 268 g/mol. The van der Waals surface area contributed by atoms with Gasteiger partial charge in [-0.15, -0.1) is 0 Å². The molecular formula is C13H20N2O2S. The van der Waals surface area contributed by atoms with E-state index in [1.807, 2.05) is 19.1 Å². The lowest BCUT2D eigenvalue weighted by Gasteiger charge is -2.07. The molecule has 0 aromatic heterocycles. The Morgan fingerprint density at radius 3 is 2.44 bits per heavy atom. The zero-order valence-electron chi connectivity index (χ0n) is 10.6. The summed E-state index contributed by atoms with van der Waals surface area (Å²) in [6, 6.07) is 7.57. The second-order valence-corrected chi connectivity index (χ2v) is 6.56. The number of hydrogen-bond acceptors (Lipinski definition) is 3. The molecule has 0 aliphatic heterocycles. The van der Waals surface area contributed by atoms with Crippen LogP contribution >= 0.6 is 0 Å². The first-order chi connectivity index (χ1) is 8.58. The molecular weight excluding hydrogens is 248 g/mol. The Morgan fingerprint density at radius 2 is 1.83 bits per heavy atom. The van der Waals surface area contributed by atoms with Gasteiger partial charge in [-0.1, -0.05) is 17.7 Å². The Labute approximate surface area is 109 Å². The minimum atomic E-state index is -3.34. The van der Waals surface area contributed by atoms with Crippen LogP contribution in [0.2, 0.25) is 0 Å². The molecule has 5 heteroatoms. The summed E-state index contributed by atoms with van der Waals surface area (Å²) in [4.78, 5) is 0.336. The van der Waals surface area contributed by atoms with Crippen molar-refractivity contribution in [2.75, 3.05) is 13.1 Å². The minimum absolute atomic E-state index is 0.336. The van der Waals surface area contributed by atoms with Gasteiger partial charge in [-0.2, -0.15) is 0 Å². The molecule has 2 N–H and O–H groups in total. The van der Waals surface area contributed by atoms with E-state index in [4.69, 9.17) is 0 Å². The van der Waals surface area contributed by atoms with Gasteiger partial charge in [-0.05, 0) is 44.9 Å². The van der Waals surface area contributed by atoms with Crippen LogP contribution in [0.1, 0.15) is 24.8 Å². The second-order valence-electron chi connectivity index (χ2n) is 4.79. The van der Waals surface area contributed by atoms with Gasteiger partial charge in [0.05, 0.1) is 4.90 Å². The second kappa shape index (κ2) is 5.82. The molecule has 18 heavy (non-hydrogen) atoms. The minimum Gasteiger partial charge on any atom is -0.314 e. The lowest BCUT2D eigenvalue weighted by atomic mass is 10.2. The van der Waals surface area contributed by atoms with Crippen molar-refractivity contribution in [1.82, 2.24) is 10.0 Å². The average Bonchev–Trinajstić information content (AvgIpc) is 3.13. The number of hydrogen-bond donors (Lipinski definition) is 2. The van der Waals surface area contributed by atoms with Gasteiger partial charge in [0, 0.05) is 12.6 Å². The van der Waals surface area contributed by atoms with Crippen LogP contribution in [0.25, 0.3) is 0 Å². The molecule has 4 nitrogen and oxygen atoms in total. The molecule has 0 unspecified atom stereocenters. The molecule has 0 atom stereocenters. The Bertz CT molecular complexity index is 478. The maximum Gasteiger partial charge on any atom is 0.240 e. The van der Waals surface area contributed by atoms with E-state index in [0.29, 0.717) is 17.5 Å². The van der Waals surface area contributed by atoms with Crippen molar-refractivity contribution >= 4 is 10.0 Å². The fraction of sp³-hybridized carbons (Fsp3) is 0.538. The van der Waals surface area contributed by atoms with Crippen LogP contribution in [0.15, 0.2) is 29.2 Å². The highest BCUT2D eigenvalue weighted by atomic mass is 32.2. The molecule has 1 aromatic carbocycles. The van der Waals surface area contributed by atoms with Gasteiger partial charge in [0.15, 0.2) is 0 Å². The van der Waals surface area contributed by atoms with Gasteiger partial charge in [0.1, 0.15) is 0 Å². The number of nitrogens with one attached hydrogen (secondary N) is 2. The Balaban J connectivity index is 1.77. The van der Waals surface area contributed by atoms with Crippen LogP contribution < -0.4 is 10.0 Å². The van der Waals surface area contributed by atoms with Crippen molar-refractivity contribution in [3.05, 3.63) is 29.8 Å². The third-order valence-electron chi connectivity index (χ3n) is 2.99. The maximum absolute atomic E-state index is 11.9. The summed E-state index contributed by atoms with van der Waals surface area (Å²) in [6.45, 7) is 3.30. The van der Waals surface area contributed by atoms with Gasteiger partial charge in [0.2, 0.25) is 10.0 Å². The Morgan fingerprint density at radius 1 is 1.17 bits per heavy atom. The summed E-state index contributed by atoms with van der Waals surface area (Å²) in [7, 11) is -3.34. The fourth-order valence-electron chi connectivity index (χ4n) is 1.69. The lowest BCUT2D eigenvalue weighted by Crippen LogP contribution is -2.28. The highest BCUT2D eigenvalue weighted by Gasteiger charge is 2.19. The van der Waals surface area contributed by atoms with Crippen LogP contribution in [0.3, 0.4) is 0 Å². The van der Waals surface area contributed by atoms with Gasteiger partial charge >= 0.3 is 0 Å². The van der Waals surface area contributed by atoms with Crippen LogP contribution in [0.5, 0.6) is 0 Å². The van der Waals surface area contributed by atoms with E-state index in [2.05, 4.69) is 10.0 Å². The molecule has 0 bridgehead atoms. The van der Waals surface area contributed by atoms with Crippen molar-refractivity contribution in [2.24, 2.45) is 0 Å². The van der Waals surface area contributed by atoms with Crippen LogP contribution in [0, 0.1) is 6.92 Å². The van der Waals surface area contributed by atoms with E-state index >= 15 is 0 Å². The zero-order chi connectivity index (χ0) is 13.0. The largest absolute Gasteiger partial charge is 0.314 e.